The summed E-state index contributed by atoms with van der Waals surface area (Å²) in [6.07, 6.45) is -0.410. The molecule has 3 heteroatoms. The third-order valence-corrected chi connectivity index (χ3v) is 2.96. The molecule has 1 aliphatic heterocycles. The average Bonchev–Trinajstić information content (AvgIpc) is 2.55. The summed E-state index contributed by atoms with van der Waals surface area (Å²) in [4.78, 5) is 0. The lowest BCUT2D eigenvalue weighted by molar-refractivity contribution is 0.178. The van der Waals surface area contributed by atoms with E-state index in [1.165, 1.54) is 0 Å². The molecule has 0 saturated carbocycles. The van der Waals surface area contributed by atoms with Gasteiger partial charge in [0, 0.05) is 18.1 Å². The van der Waals surface area contributed by atoms with Crippen LogP contribution in [0.5, 0.6) is 0 Å². The van der Waals surface area contributed by atoms with Crippen LogP contribution in [-0.2, 0) is 0 Å². The minimum absolute atomic E-state index is 0.404. The second kappa shape index (κ2) is 9.37. The molecule has 0 amide bonds. The molecule has 2 nitrogen and oxygen atoms in total. The maximum atomic E-state index is 9.84. The first-order valence-corrected chi connectivity index (χ1v) is 7.24. The van der Waals surface area contributed by atoms with Crippen LogP contribution in [0.15, 0.2) is 18.2 Å². The predicted octanol–water partition coefficient (Wildman–Crippen LogP) is 4.13. The summed E-state index contributed by atoms with van der Waals surface area (Å²) < 4.78 is 0. The normalized spacial score (nSPS) is 21.5. The van der Waals surface area contributed by atoms with Crippen molar-refractivity contribution in [3.8, 4) is 0 Å². The molecule has 0 aliphatic carbocycles. The molecule has 0 radical (unpaired) electrons. The third kappa shape index (κ3) is 4.60. The summed E-state index contributed by atoms with van der Waals surface area (Å²) in [6, 6.07) is 5.71. The number of benzene rings is 1. The first-order valence-electron chi connectivity index (χ1n) is 6.86. The minimum Gasteiger partial charge on any atom is -0.387 e. The molecule has 1 aliphatic rings. The first-order chi connectivity index (χ1) is 8.68. The Morgan fingerprint density at radius 2 is 1.72 bits per heavy atom. The number of rotatable bonds is 0. The Kier molecular flexibility index (Phi) is 9.08. The molecular formula is C15H26ClNO. The summed E-state index contributed by atoms with van der Waals surface area (Å²) >= 11 is 5.94. The summed E-state index contributed by atoms with van der Waals surface area (Å²) in [5.74, 6) is 0.404. The summed E-state index contributed by atoms with van der Waals surface area (Å²) in [6.45, 7) is 11.7. The van der Waals surface area contributed by atoms with Gasteiger partial charge in [-0.2, -0.15) is 0 Å². The highest BCUT2D eigenvalue weighted by Crippen LogP contribution is 2.29. The lowest BCUT2D eigenvalue weighted by Gasteiger charge is -2.14. The van der Waals surface area contributed by atoms with Crippen LogP contribution in [0.4, 0.5) is 0 Å². The van der Waals surface area contributed by atoms with Gasteiger partial charge < -0.3 is 10.4 Å². The molecule has 0 spiro atoms. The van der Waals surface area contributed by atoms with Crippen molar-refractivity contribution < 1.29 is 5.11 Å². The Morgan fingerprint density at radius 1 is 1.11 bits per heavy atom. The molecule has 104 valence electrons. The number of hydrogen-bond acceptors (Lipinski definition) is 2. The second-order valence-corrected chi connectivity index (χ2v) is 4.28. The largest absolute Gasteiger partial charge is 0.387 e. The zero-order valence-electron chi connectivity index (χ0n) is 12.1. The van der Waals surface area contributed by atoms with Crippen molar-refractivity contribution in [1.82, 2.24) is 5.32 Å². The molecule has 2 N–H and O–H groups in total. The Balaban J connectivity index is 0.000000659. The molecule has 1 aromatic rings. The standard InChI is InChI=1S/C11H14ClNO.2C2H6/c1-7-5-13-6-11(14)9-3-2-8(12)4-10(7)9;2*1-2/h2-4,7,11,13-14H,5-6H2,1H3;2*1-2H3. The average molecular weight is 272 g/mol. The highest BCUT2D eigenvalue weighted by Gasteiger charge is 2.20. The highest BCUT2D eigenvalue weighted by molar-refractivity contribution is 6.30. The summed E-state index contributed by atoms with van der Waals surface area (Å²) in [5.41, 5.74) is 2.17. The molecule has 2 unspecified atom stereocenters. The number of fused-ring (bicyclic) bond motifs is 1. The van der Waals surface area contributed by atoms with Gasteiger partial charge in [0.2, 0.25) is 0 Å². The van der Waals surface area contributed by atoms with E-state index >= 15 is 0 Å². The van der Waals surface area contributed by atoms with Crippen LogP contribution in [0.3, 0.4) is 0 Å². The fraction of sp³-hybridized carbons (Fsp3) is 0.600. The number of hydrogen-bond donors (Lipinski definition) is 2. The topological polar surface area (TPSA) is 32.3 Å². The van der Waals surface area contributed by atoms with E-state index in [-0.39, 0.29) is 0 Å². The van der Waals surface area contributed by atoms with E-state index in [9.17, 15) is 5.11 Å². The summed E-state index contributed by atoms with van der Waals surface area (Å²) in [5, 5.41) is 13.8. The van der Waals surface area contributed by atoms with Crippen LogP contribution >= 0.6 is 11.6 Å². The Morgan fingerprint density at radius 3 is 2.33 bits per heavy atom. The van der Waals surface area contributed by atoms with Gasteiger partial charge in [0.1, 0.15) is 0 Å². The van der Waals surface area contributed by atoms with E-state index in [1.807, 2.05) is 45.9 Å². The Bertz CT molecular complexity index is 341. The molecule has 2 rings (SSSR count). The van der Waals surface area contributed by atoms with Crippen LogP contribution in [0, 0.1) is 0 Å². The number of aliphatic hydroxyl groups is 1. The Labute approximate surface area is 116 Å². The molecule has 1 aromatic carbocycles. The van der Waals surface area contributed by atoms with Crippen molar-refractivity contribution >= 4 is 11.6 Å². The van der Waals surface area contributed by atoms with Crippen molar-refractivity contribution in [3.63, 3.8) is 0 Å². The molecule has 1 heterocycles. The number of nitrogens with one attached hydrogen (secondary N) is 1. The SMILES string of the molecule is CC.CC.CC1CNCC(O)c2ccc(Cl)cc21. The fourth-order valence-corrected chi connectivity index (χ4v) is 2.11. The second-order valence-electron chi connectivity index (χ2n) is 3.85. The van der Waals surface area contributed by atoms with Gasteiger partial charge in [0.25, 0.3) is 0 Å². The quantitative estimate of drug-likeness (QED) is 0.744. The number of aliphatic hydroxyl groups excluding tert-OH is 1. The van der Waals surface area contributed by atoms with Crippen LogP contribution < -0.4 is 5.32 Å². The molecule has 0 fully saturated rings. The van der Waals surface area contributed by atoms with Crippen molar-refractivity contribution in [3.05, 3.63) is 34.3 Å². The van der Waals surface area contributed by atoms with E-state index in [2.05, 4.69) is 12.2 Å². The van der Waals surface area contributed by atoms with Gasteiger partial charge in [-0.05, 0) is 29.2 Å². The highest BCUT2D eigenvalue weighted by atomic mass is 35.5. The molecule has 18 heavy (non-hydrogen) atoms. The van der Waals surface area contributed by atoms with Crippen LogP contribution in [0.1, 0.15) is 57.8 Å². The van der Waals surface area contributed by atoms with Gasteiger partial charge in [0.05, 0.1) is 6.10 Å². The molecular weight excluding hydrogens is 246 g/mol. The van der Waals surface area contributed by atoms with Crippen molar-refractivity contribution in [2.24, 2.45) is 0 Å². The van der Waals surface area contributed by atoms with E-state index in [1.54, 1.807) is 0 Å². The van der Waals surface area contributed by atoms with E-state index in [0.717, 1.165) is 22.7 Å². The van der Waals surface area contributed by atoms with E-state index in [4.69, 9.17) is 11.6 Å². The van der Waals surface area contributed by atoms with Gasteiger partial charge in [0.15, 0.2) is 0 Å². The fourth-order valence-electron chi connectivity index (χ4n) is 1.93. The Hall–Kier alpha value is -0.570. The predicted molar refractivity (Wildman–Crippen MR) is 80.4 cm³/mol. The maximum Gasteiger partial charge on any atom is 0.0917 e. The smallest absolute Gasteiger partial charge is 0.0917 e. The lowest BCUT2D eigenvalue weighted by atomic mass is 9.94. The molecule has 2 atom stereocenters. The van der Waals surface area contributed by atoms with E-state index < -0.39 is 6.10 Å². The van der Waals surface area contributed by atoms with Gasteiger partial charge >= 0.3 is 0 Å². The van der Waals surface area contributed by atoms with Gasteiger partial charge in [-0.25, -0.2) is 0 Å². The van der Waals surface area contributed by atoms with E-state index in [0.29, 0.717) is 12.5 Å². The van der Waals surface area contributed by atoms with Crippen molar-refractivity contribution in [1.29, 1.82) is 0 Å². The van der Waals surface area contributed by atoms with Gasteiger partial charge in [-0.1, -0.05) is 52.3 Å². The van der Waals surface area contributed by atoms with Crippen molar-refractivity contribution in [2.45, 2.75) is 46.6 Å². The third-order valence-electron chi connectivity index (χ3n) is 2.73. The van der Waals surface area contributed by atoms with Crippen molar-refractivity contribution in [2.75, 3.05) is 13.1 Å². The number of halogens is 1. The molecule has 0 saturated heterocycles. The van der Waals surface area contributed by atoms with Crippen LogP contribution in [-0.4, -0.2) is 18.2 Å². The van der Waals surface area contributed by atoms with Crippen LogP contribution in [0.2, 0.25) is 5.02 Å². The molecule has 0 bridgehead atoms. The maximum absolute atomic E-state index is 9.84. The van der Waals surface area contributed by atoms with Gasteiger partial charge in [-0.15, -0.1) is 0 Å². The van der Waals surface area contributed by atoms with Gasteiger partial charge in [-0.3, -0.25) is 0 Å². The number of β-amino-alcohol motifs (C(OH)–C–C–N with tert-alkyl or cyclic N) is 1. The molecule has 0 aromatic heterocycles. The first kappa shape index (κ1) is 17.4. The lowest BCUT2D eigenvalue weighted by Crippen LogP contribution is -2.21. The van der Waals surface area contributed by atoms with Crippen LogP contribution in [0.25, 0.3) is 0 Å². The monoisotopic (exact) mass is 271 g/mol. The summed E-state index contributed by atoms with van der Waals surface area (Å²) in [7, 11) is 0. The zero-order chi connectivity index (χ0) is 14.1. The minimum atomic E-state index is -0.410. The zero-order valence-corrected chi connectivity index (χ0v) is 12.9.